The van der Waals surface area contributed by atoms with E-state index < -0.39 is 0 Å². The van der Waals surface area contributed by atoms with Crippen LogP contribution in [0.4, 0.5) is 11.4 Å². The minimum atomic E-state index is -0.0211. The molecular weight excluding hydrogens is 228 g/mol. The molecule has 1 aromatic heterocycles. The van der Waals surface area contributed by atoms with Gasteiger partial charge in [-0.2, -0.15) is 0 Å². The van der Waals surface area contributed by atoms with E-state index in [-0.39, 0.29) is 5.69 Å². The number of hydrogen-bond donors (Lipinski definition) is 2. The summed E-state index contributed by atoms with van der Waals surface area (Å²) < 4.78 is 3.31. The molecule has 1 saturated carbocycles. The molecule has 1 heterocycles. The lowest BCUT2D eigenvalue weighted by Gasteiger charge is -2.28. The van der Waals surface area contributed by atoms with E-state index in [1.807, 2.05) is 12.1 Å². The van der Waals surface area contributed by atoms with Crippen molar-refractivity contribution in [2.75, 3.05) is 11.1 Å². The second kappa shape index (κ2) is 3.80. The van der Waals surface area contributed by atoms with Crippen LogP contribution in [-0.2, 0) is 14.1 Å². The standard InChI is InChI=1S/C13H18N4O/c1-16-11-7-8(14)6-10(15-9-4-3-5-9)12(11)17(2)13(16)18/h6-7,9,15H,3-5,14H2,1-2H3. The van der Waals surface area contributed by atoms with Crippen molar-refractivity contribution in [1.82, 2.24) is 9.13 Å². The first-order valence-corrected chi connectivity index (χ1v) is 6.29. The molecule has 0 amide bonds. The summed E-state index contributed by atoms with van der Waals surface area (Å²) in [6.07, 6.45) is 3.66. The highest BCUT2D eigenvalue weighted by molar-refractivity contribution is 5.92. The number of aryl methyl sites for hydroxylation is 2. The fourth-order valence-corrected chi connectivity index (χ4v) is 2.56. The van der Waals surface area contributed by atoms with Crippen LogP contribution in [-0.4, -0.2) is 15.2 Å². The van der Waals surface area contributed by atoms with Crippen molar-refractivity contribution in [3.05, 3.63) is 22.6 Å². The number of benzene rings is 1. The third-order valence-electron chi connectivity index (χ3n) is 3.85. The second-order valence-electron chi connectivity index (χ2n) is 5.11. The van der Waals surface area contributed by atoms with Crippen LogP contribution in [0, 0.1) is 0 Å². The lowest BCUT2D eigenvalue weighted by atomic mass is 9.93. The molecule has 0 atom stereocenters. The van der Waals surface area contributed by atoms with Crippen molar-refractivity contribution < 1.29 is 0 Å². The Labute approximate surface area is 105 Å². The first-order valence-electron chi connectivity index (χ1n) is 6.29. The monoisotopic (exact) mass is 246 g/mol. The Kier molecular flexibility index (Phi) is 2.36. The molecule has 0 radical (unpaired) electrons. The molecule has 0 spiro atoms. The van der Waals surface area contributed by atoms with E-state index in [1.54, 1.807) is 23.2 Å². The zero-order valence-electron chi connectivity index (χ0n) is 10.7. The summed E-state index contributed by atoms with van der Waals surface area (Å²) in [6.45, 7) is 0. The molecule has 5 nitrogen and oxygen atoms in total. The van der Waals surface area contributed by atoms with Gasteiger partial charge in [0.05, 0.1) is 16.7 Å². The van der Waals surface area contributed by atoms with Gasteiger partial charge in [0.2, 0.25) is 0 Å². The number of nitrogens with one attached hydrogen (secondary N) is 1. The summed E-state index contributed by atoms with van der Waals surface area (Å²) in [5.74, 6) is 0. The molecule has 3 N–H and O–H groups in total. The van der Waals surface area contributed by atoms with E-state index in [9.17, 15) is 4.79 Å². The van der Waals surface area contributed by atoms with Crippen molar-refractivity contribution in [1.29, 1.82) is 0 Å². The van der Waals surface area contributed by atoms with E-state index in [0.29, 0.717) is 11.7 Å². The average Bonchev–Trinajstić information content (AvgIpc) is 2.49. The molecule has 2 aromatic rings. The molecule has 3 rings (SSSR count). The van der Waals surface area contributed by atoms with Crippen LogP contribution in [0.2, 0.25) is 0 Å². The lowest BCUT2D eigenvalue weighted by Crippen LogP contribution is -2.27. The maximum absolute atomic E-state index is 12.0. The van der Waals surface area contributed by atoms with Gasteiger partial charge in [-0.3, -0.25) is 9.13 Å². The number of rotatable bonds is 2. The smallest absolute Gasteiger partial charge is 0.328 e. The van der Waals surface area contributed by atoms with Crippen molar-refractivity contribution in [2.24, 2.45) is 14.1 Å². The maximum Gasteiger partial charge on any atom is 0.328 e. The molecule has 1 aliphatic carbocycles. The molecule has 0 aliphatic heterocycles. The van der Waals surface area contributed by atoms with Crippen LogP contribution in [0.5, 0.6) is 0 Å². The predicted molar refractivity (Wildman–Crippen MR) is 73.8 cm³/mol. The van der Waals surface area contributed by atoms with Gasteiger partial charge >= 0.3 is 5.69 Å². The van der Waals surface area contributed by atoms with Gasteiger partial charge in [0.15, 0.2) is 0 Å². The molecule has 1 aromatic carbocycles. The minimum Gasteiger partial charge on any atom is -0.399 e. The normalized spacial score (nSPS) is 15.9. The average molecular weight is 246 g/mol. The molecule has 18 heavy (non-hydrogen) atoms. The zero-order valence-corrected chi connectivity index (χ0v) is 10.7. The number of nitrogens with two attached hydrogens (primary N) is 1. The van der Waals surface area contributed by atoms with E-state index in [0.717, 1.165) is 16.7 Å². The minimum absolute atomic E-state index is 0.0211. The fourth-order valence-electron chi connectivity index (χ4n) is 2.56. The van der Waals surface area contributed by atoms with Gasteiger partial charge < -0.3 is 11.1 Å². The zero-order chi connectivity index (χ0) is 12.9. The fraction of sp³-hybridized carbons (Fsp3) is 0.462. The number of anilines is 2. The summed E-state index contributed by atoms with van der Waals surface area (Å²) in [5.41, 5.74) is 9.37. The number of nitrogen functional groups attached to an aromatic ring is 1. The topological polar surface area (TPSA) is 65.0 Å². The van der Waals surface area contributed by atoms with E-state index in [1.165, 1.54) is 19.3 Å². The van der Waals surface area contributed by atoms with E-state index in [2.05, 4.69) is 5.32 Å². The van der Waals surface area contributed by atoms with Gasteiger partial charge in [0.25, 0.3) is 0 Å². The first-order chi connectivity index (χ1) is 8.58. The molecule has 0 unspecified atom stereocenters. The largest absolute Gasteiger partial charge is 0.399 e. The number of aromatic nitrogens is 2. The Hall–Kier alpha value is -1.91. The highest BCUT2D eigenvalue weighted by atomic mass is 16.1. The number of nitrogens with zero attached hydrogens (tertiary/aromatic N) is 2. The predicted octanol–water partition coefficient (Wildman–Crippen LogP) is 1.42. The number of hydrogen-bond acceptors (Lipinski definition) is 3. The van der Waals surface area contributed by atoms with Crippen molar-refractivity contribution in [2.45, 2.75) is 25.3 Å². The van der Waals surface area contributed by atoms with Gasteiger partial charge in [0.1, 0.15) is 0 Å². The maximum atomic E-state index is 12.0. The van der Waals surface area contributed by atoms with Crippen LogP contribution in [0.1, 0.15) is 19.3 Å². The van der Waals surface area contributed by atoms with Crippen LogP contribution in [0.25, 0.3) is 11.0 Å². The molecule has 0 bridgehead atoms. The van der Waals surface area contributed by atoms with Gasteiger partial charge in [-0.05, 0) is 31.4 Å². The molecule has 1 fully saturated rings. The second-order valence-corrected chi connectivity index (χ2v) is 5.11. The van der Waals surface area contributed by atoms with Gasteiger partial charge in [-0.25, -0.2) is 4.79 Å². The van der Waals surface area contributed by atoms with E-state index >= 15 is 0 Å². The van der Waals surface area contributed by atoms with E-state index in [4.69, 9.17) is 5.73 Å². The van der Waals surface area contributed by atoms with Crippen molar-refractivity contribution >= 4 is 22.4 Å². The van der Waals surface area contributed by atoms with Crippen LogP contribution in [0.3, 0.4) is 0 Å². The summed E-state index contributed by atoms with van der Waals surface area (Å²) in [6, 6.07) is 4.29. The van der Waals surface area contributed by atoms with Crippen molar-refractivity contribution in [3.63, 3.8) is 0 Å². The lowest BCUT2D eigenvalue weighted by molar-refractivity contribution is 0.446. The number of fused-ring (bicyclic) bond motifs is 1. The summed E-state index contributed by atoms with van der Waals surface area (Å²) in [5, 5.41) is 3.49. The Morgan fingerprint density at radius 2 is 2.00 bits per heavy atom. The molecule has 96 valence electrons. The highest BCUT2D eigenvalue weighted by Crippen LogP contribution is 2.30. The Morgan fingerprint density at radius 3 is 2.61 bits per heavy atom. The Morgan fingerprint density at radius 1 is 1.28 bits per heavy atom. The van der Waals surface area contributed by atoms with Gasteiger partial charge in [0, 0.05) is 25.8 Å². The third-order valence-corrected chi connectivity index (χ3v) is 3.85. The summed E-state index contributed by atoms with van der Waals surface area (Å²) in [7, 11) is 3.57. The van der Waals surface area contributed by atoms with Crippen molar-refractivity contribution in [3.8, 4) is 0 Å². The summed E-state index contributed by atoms with van der Waals surface area (Å²) >= 11 is 0. The first kappa shape index (κ1) is 11.2. The van der Waals surface area contributed by atoms with Crippen LogP contribution in [0.15, 0.2) is 16.9 Å². The van der Waals surface area contributed by atoms with Gasteiger partial charge in [-0.15, -0.1) is 0 Å². The summed E-state index contributed by atoms with van der Waals surface area (Å²) in [4.78, 5) is 12.0. The van der Waals surface area contributed by atoms with Crippen LogP contribution >= 0.6 is 0 Å². The number of imidazole rings is 1. The van der Waals surface area contributed by atoms with Gasteiger partial charge in [-0.1, -0.05) is 0 Å². The van der Waals surface area contributed by atoms with Crippen LogP contribution < -0.4 is 16.7 Å². The molecule has 5 heteroatoms. The molecule has 0 saturated heterocycles. The Bertz CT molecular complexity index is 664. The Balaban J connectivity index is 2.22. The SMILES string of the molecule is Cn1c(=O)n(C)c2c(NC3CCC3)cc(N)cc21. The third kappa shape index (κ3) is 1.50. The quantitative estimate of drug-likeness (QED) is 0.788. The molecule has 1 aliphatic rings. The highest BCUT2D eigenvalue weighted by Gasteiger charge is 2.20. The molecular formula is C13H18N4O.